The maximum absolute atomic E-state index is 11.4. The van der Waals surface area contributed by atoms with E-state index in [-0.39, 0.29) is 5.69 Å². The van der Waals surface area contributed by atoms with Gasteiger partial charge in [-0.05, 0) is 37.3 Å². The molecule has 25 heavy (non-hydrogen) atoms. The summed E-state index contributed by atoms with van der Waals surface area (Å²) in [7, 11) is 3.14. The van der Waals surface area contributed by atoms with Crippen molar-refractivity contribution >= 4 is 5.97 Å². The first-order valence-electron chi connectivity index (χ1n) is 7.66. The summed E-state index contributed by atoms with van der Waals surface area (Å²) in [6.07, 6.45) is 0. The van der Waals surface area contributed by atoms with Gasteiger partial charge in [0.05, 0.1) is 25.6 Å². The van der Waals surface area contributed by atoms with Crippen molar-refractivity contribution in [3.05, 3.63) is 59.8 Å². The van der Waals surface area contributed by atoms with Crippen molar-refractivity contribution < 1.29 is 19.4 Å². The molecule has 0 amide bonds. The molecule has 3 aromatic rings. The Morgan fingerprint density at radius 1 is 1.04 bits per heavy atom. The van der Waals surface area contributed by atoms with Crippen LogP contribution in [0.25, 0.3) is 16.9 Å². The van der Waals surface area contributed by atoms with Crippen LogP contribution in [0.5, 0.6) is 11.5 Å². The van der Waals surface area contributed by atoms with E-state index in [4.69, 9.17) is 9.47 Å². The topological polar surface area (TPSA) is 73.6 Å². The Bertz CT molecular complexity index is 914. The number of aromatic carboxylic acids is 1. The van der Waals surface area contributed by atoms with Crippen molar-refractivity contribution in [3.63, 3.8) is 0 Å². The minimum atomic E-state index is -1.08. The van der Waals surface area contributed by atoms with Gasteiger partial charge in [0.2, 0.25) is 0 Å². The van der Waals surface area contributed by atoms with Crippen molar-refractivity contribution in [1.29, 1.82) is 0 Å². The molecule has 0 atom stereocenters. The molecule has 3 rings (SSSR count). The van der Waals surface area contributed by atoms with E-state index in [0.29, 0.717) is 17.2 Å². The summed E-state index contributed by atoms with van der Waals surface area (Å²) in [6, 6.07) is 14.6. The van der Waals surface area contributed by atoms with E-state index in [1.165, 1.54) is 6.07 Å². The molecule has 1 heterocycles. The second-order valence-electron chi connectivity index (χ2n) is 5.53. The average Bonchev–Trinajstić information content (AvgIpc) is 3.07. The van der Waals surface area contributed by atoms with Gasteiger partial charge in [-0.15, -0.1) is 0 Å². The van der Waals surface area contributed by atoms with Crippen LogP contribution >= 0.6 is 0 Å². The number of ether oxygens (including phenoxy) is 2. The Balaban J connectivity index is 2.21. The third kappa shape index (κ3) is 3.19. The van der Waals surface area contributed by atoms with Gasteiger partial charge in [0.25, 0.3) is 0 Å². The number of aromatic nitrogens is 2. The van der Waals surface area contributed by atoms with Crippen molar-refractivity contribution in [1.82, 2.24) is 9.78 Å². The van der Waals surface area contributed by atoms with Crippen LogP contribution in [0.1, 0.15) is 16.1 Å². The Labute approximate surface area is 145 Å². The molecule has 0 bridgehead atoms. The molecular formula is C19H18N2O4. The normalized spacial score (nSPS) is 10.5. The molecule has 128 valence electrons. The molecular weight excluding hydrogens is 320 g/mol. The fourth-order valence-corrected chi connectivity index (χ4v) is 2.57. The molecule has 2 aromatic carbocycles. The highest BCUT2D eigenvalue weighted by molar-refractivity contribution is 5.88. The van der Waals surface area contributed by atoms with Crippen LogP contribution in [0, 0.1) is 6.92 Å². The van der Waals surface area contributed by atoms with E-state index < -0.39 is 5.97 Å². The van der Waals surface area contributed by atoms with Crippen LogP contribution in [0.4, 0.5) is 0 Å². The smallest absolute Gasteiger partial charge is 0.356 e. The number of aryl methyl sites for hydroxylation is 1. The van der Waals surface area contributed by atoms with Gasteiger partial charge in [-0.1, -0.05) is 17.7 Å². The number of methoxy groups -OCH3 is 2. The average molecular weight is 338 g/mol. The maximum atomic E-state index is 11.4. The predicted molar refractivity (Wildman–Crippen MR) is 93.8 cm³/mol. The number of nitrogens with zero attached hydrogens (tertiary/aromatic N) is 2. The summed E-state index contributed by atoms with van der Waals surface area (Å²) in [4.78, 5) is 11.4. The zero-order valence-corrected chi connectivity index (χ0v) is 14.2. The van der Waals surface area contributed by atoms with E-state index in [9.17, 15) is 9.90 Å². The monoisotopic (exact) mass is 338 g/mol. The fraction of sp³-hybridized carbons (Fsp3) is 0.158. The van der Waals surface area contributed by atoms with Crippen molar-refractivity contribution in [2.45, 2.75) is 6.92 Å². The van der Waals surface area contributed by atoms with Gasteiger partial charge >= 0.3 is 5.97 Å². The highest BCUT2D eigenvalue weighted by Crippen LogP contribution is 2.35. The van der Waals surface area contributed by atoms with Gasteiger partial charge < -0.3 is 14.6 Å². The number of hydrogen-bond donors (Lipinski definition) is 1. The van der Waals surface area contributed by atoms with Gasteiger partial charge in [-0.25, -0.2) is 9.48 Å². The van der Waals surface area contributed by atoms with E-state index in [1.54, 1.807) is 31.0 Å². The van der Waals surface area contributed by atoms with Gasteiger partial charge in [0.1, 0.15) is 11.5 Å². The van der Waals surface area contributed by atoms with Crippen LogP contribution in [-0.4, -0.2) is 35.1 Å². The third-order valence-corrected chi connectivity index (χ3v) is 3.89. The largest absolute Gasteiger partial charge is 0.497 e. The molecule has 0 radical (unpaired) electrons. The van der Waals surface area contributed by atoms with Crippen LogP contribution in [-0.2, 0) is 0 Å². The molecule has 0 aliphatic heterocycles. The van der Waals surface area contributed by atoms with E-state index in [0.717, 1.165) is 16.8 Å². The lowest BCUT2D eigenvalue weighted by Crippen LogP contribution is -2.02. The lowest BCUT2D eigenvalue weighted by atomic mass is 10.1. The van der Waals surface area contributed by atoms with Crippen molar-refractivity contribution in [3.8, 4) is 28.4 Å². The molecule has 0 unspecified atom stereocenters. The number of rotatable bonds is 5. The summed E-state index contributed by atoms with van der Waals surface area (Å²) < 4.78 is 12.3. The number of hydrogen-bond acceptors (Lipinski definition) is 4. The van der Waals surface area contributed by atoms with Crippen molar-refractivity contribution in [2.75, 3.05) is 14.2 Å². The number of carboxylic acids is 1. The zero-order valence-electron chi connectivity index (χ0n) is 14.2. The Morgan fingerprint density at radius 2 is 1.76 bits per heavy atom. The number of benzene rings is 2. The molecule has 0 aliphatic rings. The second-order valence-corrected chi connectivity index (χ2v) is 5.53. The number of carboxylic acid groups (broad SMARTS) is 1. The first kappa shape index (κ1) is 16.6. The zero-order chi connectivity index (χ0) is 18.0. The molecule has 1 aromatic heterocycles. The lowest BCUT2D eigenvalue weighted by Gasteiger charge is -2.12. The third-order valence-electron chi connectivity index (χ3n) is 3.89. The molecule has 0 saturated heterocycles. The highest BCUT2D eigenvalue weighted by atomic mass is 16.5. The van der Waals surface area contributed by atoms with Crippen LogP contribution in [0.3, 0.4) is 0 Å². The standard InChI is InChI=1S/C19H18N2O4/c1-12-4-6-13(7-5-12)21-17(11-16(20-21)19(22)23)15-9-8-14(24-2)10-18(15)25-3/h4-11H,1-3H3,(H,22,23). The Hall–Kier alpha value is -3.28. The molecule has 0 fully saturated rings. The van der Waals surface area contributed by atoms with Crippen LogP contribution in [0.2, 0.25) is 0 Å². The van der Waals surface area contributed by atoms with E-state index in [2.05, 4.69) is 5.10 Å². The fourth-order valence-electron chi connectivity index (χ4n) is 2.57. The summed E-state index contributed by atoms with van der Waals surface area (Å²) in [5.41, 5.74) is 3.20. The van der Waals surface area contributed by atoms with Crippen LogP contribution < -0.4 is 9.47 Å². The summed E-state index contributed by atoms with van der Waals surface area (Å²) in [5, 5.41) is 13.6. The van der Waals surface area contributed by atoms with Crippen LogP contribution in [0.15, 0.2) is 48.5 Å². The summed E-state index contributed by atoms with van der Waals surface area (Å²) in [6.45, 7) is 1.99. The minimum absolute atomic E-state index is 0.0338. The summed E-state index contributed by atoms with van der Waals surface area (Å²) >= 11 is 0. The van der Waals surface area contributed by atoms with Gasteiger partial charge in [-0.3, -0.25) is 0 Å². The molecule has 6 nitrogen and oxygen atoms in total. The molecule has 0 saturated carbocycles. The quantitative estimate of drug-likeness (QED) is 0.770. The molecule has 0 spiro atoms. The second kappa shape index (κ2) is 6.68. The first-order valence-corrected chi connectivity index (χ1v) is 7.66. The lowest BCUT2D eigenvalue weighted by molar-refractivity contribution is 0.0690. The van der Waals surface area contributed by atoms with Gasteiger partial charge in [0, 0.05) is 11.6 Å². The molecule has 6 heteroatoms. The van der Waals surface area contributed by atoms with Gasteiger partial charge in [0.15, 0.2) is 5.69 Å². The Kier molecular flexibility index (Phi) is 4.43. The van der Waals surface area contributed by atoms with Crippen molar-refractivity contribution in [2.24, 2.45) is 0 Å². The Morgan fingerprint density at radius 3 is 2.36 bits per heavy atom. The summed E-state index contributed by atoms with van der Waals surface area (Å²) in [5.74, 6) is 0.143. The molecule has 1 N–H and O–H groups in total. The number of carbonyl (C=O) groups is 1. The maximum Gasteiger partial charge on any atom is 0.356 e. The van der Waals surface area contributed by atoms with E-state index >= 15 is 0 Å². The van der Waals surface area contributed by atoms with Gasteiger partial charge in [-0.2, -0.15) is 5.10 Å². The predicted octanol–water partition coefficient (Wildman–Crippen LogP) is 3.56. The van der Waals surface area contributed by atoms with E-state index in [1.807, 2.05) is 37.3 Å². The minimum Gasteiger partial charge on any atom is -0.497 e. The highest BCUT2D eigenvalue weighted by Gasteiger charge is 2.19. The first-order chi connectivity index (χ1) is 12.0. The SMILES string of the molecule is COc1ccc(-c2cc(C(=O)O)nn2-c2ccc(C)cc2)c(OC)c1. The molecule has 0 aliphatic carbocycles.